The fraction of sp³-hybridized carbons (Fsp3) is 0.381. The van der Waals surface area contributed by atoms with Crippen LogP contribution in [0.4, 0.5) is 0 Å². The van der Waals surface area contributed by atoms with Crippen LogP contribution in [0.1, 0.15) is 30.4 Å². The first-order chi connectivity index (χ1) is 12.7. The van der Waals surface area contributed by atoms with Crippen LogP contribution in [0.2, 0.25) is 0 Å². The Morgan fingerprint density at radius 2 is 1.73 bits per heavy atom. The third kappa shape index (κ3) is 5.69. The molecule has 0 fully saturated rings. The van der Waals surface area contributed by atoms with Crippen molar-refractivity contribution in [3.63, 3.8) is 0 Å². The highest BCUT2D eigenvalue weighted by Crippen LogP contribution is 2.21. The van der Waals surface area contributed by atoms with E-state index in [0.29, 0.717) is 12.5 Å². The van der Waals surface area contributed by atoms with E-state index in [9.17, 15) is 0 Å². The van der Waals surface area contributed by atoms with Crippen LogP contribution in [0.25, 0.3) is 0 Å². The SMILES string of the molecule is CN=C(NCCC(C)c1ccc(OC)cc1)NCc1ccccc1OC. The maximum absolute atomic E-state index is 5.38. The van der Waals surface area contributed by atoms with Gasteiger partial charge < -0.3 is 20.1 Å². The molecule has 0 amide bonds. The number of aliphatic imine (C=N–C) groups is 1. The molecule has 0 aliphatic heterocycles. The standard InChI is InChI=1S/C21H29N3O2/c1-16(17-9-11-19(25-3)12-10-17)13-14-23-21(22-2)24-15-18-7-5-6-8-20(18)26-4/h5-12,16H,13-15H2,1-4H3,(H2,22,23,24). The summed E-state index contributed by atoms with van der Waals surface area (Å²) in [6, 6.07) is 16.2. The van der Waals surface area contributed by atoms with Gasteiger partial charge in [-0.1, -0.05) is 37.3 Å². The van der Waals surface area contributed by atoms with E-state index in [-0.39, 0.29) is 0 Å². The Morgan fingerprint density at radius 1 is 1.00 bits per heavy atom. The Morgan fingerprint density at radius 3 is 2.38 bits per heavy atom. The first-order valence-electron chi connectivity index (χ1n) is 8.88. The molecule has 1 atom stereocenters. The Kier molecular flexibility index (Phi) is 7.80. The number of ether oxygens (including phenoxy) is 2. The minimum Gasteiger partial charge on any atom is -0.497 e. The largest absolute Gasteiger partial charge is 0.497 e. The Balaban J connectivity index is 1.79. The lowest BCUT2D eigenvalue weighted by atomic mass is 9.98. The average Bonchev–Trinajstić information content (AvgIpc) is 2.70. The normalized spacial score (nSPS) is 12.4. The van der Waals surface area contributed by atoms with E-state index in [4.69, 9.17) is 9.47 Å². The highest BCUT2D eigenvalue weighted by molar-refractivity contribution is 5.79. The second-order valence-corrected chi connectivity index (χ2v) is 6.13. The highest BCUT2D eigenvalue weighted by atomic mass is 16.5. The van der Waals surface area contributed by atoms with Gasteiger partial charge in [0.25, 0.3) is 0 Å². The first-order valence-corrected chi connectivity index (χ1v) is 8.88. The van der Waals surface area contributed by atoms with Gasteiger partial charge in [0.2, 0.25) is 0 Å². The minimum absolute atomic E-state index is 0.459. The molecule has 2 aromatic carbocycles. The number of guanidine groups is 1. The van der Waals surface area contributed by atoms with Gasteiger partial charge in [-0.3, -0.25) is 4.99 Å². The van der Waals surface area contributed by atoms with Crippen molar-refractivity contribution in [2.24, 2.45) is 4.99 Å². The van der Waals surface area contributed by atoms with Crippen LogP contribution in [0.3, 0.4) is 0 Å². The zero-order chi connectivity index (χ0) is 18.8. The monoisotopic (exact) mass is 355 g/mol. The molecule has 0 aliphatic carbocycles. The molecule has 1 unspecified atom stereocenters. The maximum Gasteiger partial charge on any atom is 0.191 e. The smallest absolute Gasteiger partial charge is 0.191 e. The summed E-state index contributed by atoms with van der Waals surface area (Å²) in [7, 11) is 5.16. The molecule has 0 aliphatic rings. The third-order valence-corrected chi connectivity index (χ3v) is 4.42. The average molecular weight is 355 g/mol. The van der Waals surface area contributed by atoms with Gasteiger partial charge in [-0.25, -0.2) is 0 Å². The molecule has 0 bridgehead atoms. The van der Waals surface area contributed by atoms with Crippen molar-refractivity contribution in [2.45, 2.75) is 25.8 Å². The number of benzene rings is 2. The molecule has 26 heavy (non-hydrogen) atoms. The van der Waals surface area contributed by atoms with Gasteiger partial charge in [0, 0.05) is 25.7 Å². The van der Waals surface area contributed by atoms with E-state index in [1.807, 2.05) is 36.4 Å². The van der Waals surface area contributed by atoms with Crippen molar-refractivity contribution in [1.29, 1.82) is 0 Å². The van der Waals surface area contributed by atoms with E-state index in [1.54, 1.807) is 21.3 Å². The van der Waals surface area contributed by atoms with Gasteiger partial charge in [0.1, 0.15) is 11.5 Å². The zero-order valence-corrected chi connectivity index (χ0v) is 16.1. The van der Waals surface area contributed by atoms with Crippen LogP contribution in [0, 0.1) is 0 Å². The predicted octanol–water partition coefficient (Wildman–Crippen LogP) is 3.56. The quantitative estimate of drug-likeness (QED) is 0.561. The van der Waals surface area contributed by atoms with Crippen molar-refractivity contribution in [3.8, 4) is 11.5 Å². The molecular formula is C21H29N3O2. The minimum atomic E-state index is 0.459. The summed E-state index contributed by atoms with van der Waals surface area (Å²) in [5.41, 5.74) is 2.41. The maximum atomic E-state index is 5.38. The van der Waals surface area contributed by atoms with E-state index in [1.165, 1.54) is 5.56 Å². The summed E-state index contributed by atoms with van der Waals surface area (Å²) < 4.78 is 10.6. The fourth-order valence-electron chi connectivity index (χ4n) is 2.75. The summed E-state index contributed by atoms with van der Waals surface area (Å²) in [6.45, 7) is 3.74. The van der Waals surface area contributed by atoms with Gasteiger partial charge in [0.05, 0.1) is 14.2 Å². The summed E-state index contributed by atoms with van der Waals surface area (Å²) in [5.74, 6) is 3.02. The molecule has 0 saturated heterocycles. The van der Waals surface area contributed by atoms with Gasteiger partial charge in [-0.05, 0) is 36.1 Å². The second-order valence-electron chi connectivity index (χ2n) is 6.13. The first kappa shape index (κ1) is 19.6. The lowest BCUT2D eigenvalue weighted by Crippen LogP contribution is -2.37. The van der Waals surface area contributed by atoms with Crippen molar-refractivity contribution in [2.75, 3.05) is 27.8 Å². The molecule has 0 saturated carbocycles. The number of hydrogen-bond donors (Lipinski definition) is 2. The molecule has 2 N–H and O–H groups in total. The molecular weight excluding hydrogens is 326 g/mol. The molecule has 5 heteroatoms. The number of para-hydroxylation sites is 1. The van der Waals surface area contributed by atoms with Crippen molar-refractivity contribution in [1.82, 2.24) is 10.6 Å². The molecule has 0 radical (unpaired) electrons. The molecule has 2 rings (SSSR count). The predicted molar refractivity (Wildman–Crippen MR) is 107 cm³/mol. The molecule has 140 valence electrons. The third-order valence-electron chi connectivity index (χ3n) is 4.42. The summed E-state index contributed by atoms with van der Waals surface area (Å²) in [6.07, 6.45) is 1.02. The van der Waals surface area contributed by atoms with E-state index < -0.39 is 0 Å². The van der Waals surface area contributed by atoms with E-state index >= 15 is 0 Å². The number of rotatable bonds is 8. The van der Waals surface area contributed by atoms with Crippen LogP contribution >= 0.6 is 0 Å². The summed E-state index contributed by atoms with van der Waals surface area (Å²) in [5, 5.41) is 6.71. The fourth-order valence-corrected chi connectivity index (χ4v) is 2.75. The molecule has 0 spiro atoms. The van der Waals surface area contributed by atoms with Crippen molar-refractivity contribution < 1.29 is 9.47 Å². The molecule has 2 aromatic rings. The van der Waals surface area contributed by atoms with Crippen LogP contribution in [0.5, 0.6) is 11.5 Å². The van der Waals surface area contributed by atoms with Crippen LogP contribution < -0.4 is 20.1 Å². The van der Waals surface area contributed by atoms with Crippen molar-refractivity contribution >= 4 is 5.96 Å². The summed E-state index contributed by atoms with van der Waals surface area (Å²) >= 11 is 0. The molecule has 0 heterocycles. The Labute approximate surface area is 156 Å². The van der Waals surface area contributed by atoms with Crippen LogP contribution in [-0.4, -0.2) is 33.8 Å². The van der Waals surface area contributed by atoms with Gasteiger partial charge >= 0.3 is 0 Å². The zero-order valence-electron chi connectivity index (χ0n) is 16.1. The van der Waals surface area contributed by atoms with Crippen LogP contribution in [-0.2, 0) is 6.54 Å². The Bertz CT molecular complexity index is 699. The van der Waals surface area contributed by atoms with Crippen LogP contribution in [0.15, 0.2) is 53.5 Å². The molecule has 0 aromatic heterocycles. The Hall–Kier alpha value is -2.69. The van der Waals surface area contributed by atoms with Crippen molar-refractivity contribution in [3.05, 3.63) is 59.7 Å². The van der Waals surface area contributed by atoms with Gasteiger partial charge in [-0.2, -0.15) is 0 Å². The number of methoxy groups -OCH3 is 2. The summed E-state index contributed by atoms with van der Waals surface area (Å²) in [4.78, 5) is 4.29. The lowest BCUT2D eigenvalue weighted by Gasteiger charge is -2.16. The van der Waals surface area contributed by atoms with Gasteiger partial charge in [0.15, 0.2) is 5.96 Å². The topological polar surface area (TPSA) is 54.9 Å². The number of nitrogens with zero attached hydrogens (tertiary/aromatic N) is 1. The highest BCUT2D eigenvalue weighted by Gasteiger charge is 2.07. The van der Waals surface area contributed by atoms with Gasteiger partial charge in [-0.15, -0.1) is 0 Å². The van der Waals surface area contributed by atoms with E-state index in [2.05, 4.69) is 34.7 Å². The second kappa shape index (κ2) is 10.3. The van der Waals surface area contributed by atoms with E-state index in [0.717, 1.165) is 36.0 Å². The molecule has 5 nitrogen and oxygen atoms in total. The number of nitrogens with one attached hydrogen (secondary N) is 2. The lowest BCUT2D eigenvalue weighted by molar-refractivity contribution is 0.409. The number of hydrogen-bond acceptors (Lipinski definition) is 3.